The Morgan fingerprint density at radius 1 is 1.25 bits per heavy atom. The van der Waals surface area contributed by atoms with Crippen LogP contribution in [0.2, 0.25) is 0 Å². The van der Waals surface area contributed by atoms with Gasteiger partial charge in [-0.25, -0.2) is 0 Å². The van der Waals surface area contributed by atoms with E-state index < -0.39 is 11.6 Å². The summed E-state index contributed by atoms with van der Waals surface area (Å²) in [5, 5.41) is 13.8. The Kier molecular flexibility index (Phi) is 5.51. The first-order valence-corrected chi connectivity index (χ1v) is 10.3. The maximum Gasteiger partial charge on any atom is 0.242 e. The summed E-state index contributed by atoms with van der Waals surface area (Å²) in [5.74, 6) is 0.277. The van der Waals surface area contributed by atoms with Gasteiger partial charge >= 0.3 is 0 Å². The maximum atomic E-state index is 12.6. The molecule has 4 nitrogen and oxygen atoms in total. The molecule has 2 atom stereocenters. The number of hydrogen-bond donors (Lipinski definition) is 3. The minimum atomic E-state index is -0.889. The van der Waals surface area contributed by atoms with Crippen molar-refractivity contribution in [1.29, 1.82) is 0 Å². The molecule has 28 heavy (non-hydrogen) atoms. The summed E-state index contributed by atoms with van der Waals surface area (Å²) < 4.78 is 0. The lowest BCUT2D eigenvalue weighted by Gasteiger charge is -2.38. The first-order valence-electron chi connectivity index (χ1n) is 10.3. The van der Waals surface area contributed by atoms with E-state index in [0.29, 0.717) is 25.3 Å². The molecule has 0 saturated heterocycles. The maximum absolute atomic E-state index is 12.6. The standard InChI is InChI=1S/C24H29N2O2/c25-23(28)24(26-16-21(27)13-8-17-5-2-1-3-6-17)14-4-7-19-11-12-20(15-22(19)24)18-9-10-18/h1-3,5-6,11-13,15,18,21,26-27H,4,7-10,14,16H2,(H2,25,28)/t21-,24+/m1/s1. The molecule has 1 radical (unpaired) electrons. The number of amides is 1. The zero-order valence-electron chi connectivity index (χ0n) is 16.2. The van der Waals surface area contributed by atoms with Gasteiger partial charge in [-0.3, -0.25) is 10.1 Å². The van der Waals surface area contributed by atoms with Gasteiger partial charge in [-0.2, -0.15) is 0 Å². The molecule has 0 aliphatic heterocycles. The average molecular weight is 378 g/mol. The number of primary amides is 1. The van der Waals surface area contributed by atoms with Crippen molar-refractivity contribution in [3.05, 3.63) is 77.2 Å². The number of benzene rings is 2. The van der Waals surface area contributed by atoms with Crippen LogP contribution in [0.4, 0.5) is 0 Å². The minimum Gasteiger partial charge on any atom is -0.391 e. The Labute approximate surface area is 167 Å². The molecule has 0 unspecified atom stereocenters. The van der Waals surface area contributed by atoms with E-state index in [0.717, 1.165) is 24.0 Å². The predicted octanol–water partition coefficient (Wildman–Crippen LogP) is 2.98. The summed E-state index contributed by atoms with van der Waals surface area (Å²) >= 11 is 0. The number of carbonyl (C=O) groups excluding carboxylic acids is 1. The van der Waals surface area contributed by atoms with Crippen molar-refractivity contribution in [3.63, 3.8) is 0 Å². The Morgan fingerprint density at radius 3 is 2.75 bits per heavy atom. The van der Waals surface area contributed by atoms with Crippen LogP contribution in [0.15, 0.2) is 48.5 Å². The van der Waals surface area contributed by atoms with Crippen molar-refractivity contribution >= 4 is 5.91 Å². The molecule has 0 spiro atoms. The van der Waals surface area contributed by atoms with Gasteiger partial charge in [0.25, 0.3) is 0 Å². The highest BCUT2D eigenvalue weighted by molar-refractivity contribution is 5.87. The highest BCUT2D eigenvalue weighted by Gasteiger charge is 2.42. The molecule has 0 heterocycles. The smallest absolute Gasteiger partial charge is 0.242 e. The third-order valence-electron chi connectivity index (χ3n) is 6.14. The van der Waals surface area contributed by atoms with E-state index in [2.05, 4.69) is 23.5 Å². The first kappa shape index (κ1) is 19.2. The van der Waals surface area contributed by atoms with Gasteiger partial charge in [0.2, 0.25) is 5.91 Å². The van der Waals surface area contributed by atoms with E-state index in [1.165, 1.54) is 24.0 Å². The fourth-order valence-electron chi connectivity index (χ4n) is 4.33. The number of aliphatic hydroxyl groups is 1. The van der Waals surface area contributed by atoms with Gasteiger partial charge in [0.15, 0.2) is 0 Å². The molecule has 4 rings (SSSR count). The van der Waals surface area contributed by atoms with Gasteiger partial charge in [-0.05, 0) is 73.1 Å². The number of fused-ring (bicyclic) bond motifs is 1. The number of aliphatic hydroxyl groups excluding tert-OH is 1. The van der Waals surface area contributed by atoms with Crippen LogP contribution in [0, 0.1) is 6.42 Å². The van der Waals surface area contributed by atoms with Crippen molar-refractivity contribution in [2.45, 2.75) is 56.1 Å². The molecule has 2 aromatic rings. The first-order chi connectivity index (χ1) is 13.6. The fourth-order valence-corrected chi connectivity index (χ4v) is 4.33. The molecule has 0 bridgehead atoms. The zero-order valence-corrected chi connectivity index (χ0v) is 16.2. The Balaban J connectivity index is 1.48. The second-order valence-corrected chi connectivity index (χ2v) is 8.19. The number of hydrogen-bond acceptors (Lipinski definition) is 3. The molecule has 147 valence electrons. The summed E-state index contributed by atoms with van der Waals surface area (Å²) in [6.45, 7) is 0.308. The van der Waals surface area contributed by atoms with E-state index in [1.54, 1.807) is 0 Å². The van der Waals surface area contributed by atoms with Crippen molar-refractivity contribution in [2.24, 2.45) is 5.73 Å². The van der Waals surface area contributed by atoms with E-state index in [9.17, 15) is 9.90 Å². The molecule has 2 aliphatic carbocycles. The summed E-state index contributed by atoms with van der Waals surface area (Å²) in [6.07, 6.45) is 6.93. The largest absolute Gasteiger partial charge is 0.391 e. The topological polar surface area (TPSA) is 75.4 Å². The van der Waals surface area contributed by atoms with Crippen LogP contribution in [-0.2, 0) is 23.2 Å². The Hall–Kier alpha value is -2.17. The molecular formula is C24H29N2O2. The summed E-state index contributed by atoms with van der Waals surface area (Å²) in [7, 11) is 0. The fraction of sp³-hybridized carbons (Fsp3) is 0.417. The molecule has 2 aliphatic rings. The number of nitrogens with two attached hydrogens (primary N) is 1. The summed E-state index contributed by atoms with van der Waals surface area (Å²) in [5.41, 5.74) is 9.71. The van der Waals surface area contributed by atoms with Crippen LogP contribution in [-0.4, -0.2) is 23.7 Å². The Morgan fingerprint density at radius 2 is 2.04 bits per heavy atom. The van der Waals surface area contributed by atoms with Crippen LogP contribution in [0.3, 0.4) is 0 Å². The van der Waals surface area contributed by atoms with E-state index in [1.807, 2.05) is 36.8 Å². The SMILES string of the molecule is NC(=O)[C@]1(NC[C@H](O)[CH]Cc2ccccc2)CCCc2ccc(C3CC3)cc21. The van der Waals surface area contributed by atoms with Crippen LogP contribution in [0.5, 0.6) is 0 Å². The van der Waals surface area contributed by atoms with Crippen LogP contribution < -0.4 is 11.1 Å². The number of rotatable bonds is 8. The zero-order chi connectivity index (χ0) is 19.6. The lowest BCUT2D eigenvalue weighted by atomic mass is 9.75. The van der Waals surface area contributed by atoms with Crippen molar-refractivity contribution in [3.8, 4) is 0 Å². The molecule has 1 fully saturated rings. The highest BCUT2D eigenvalue weighted by atomic mass is 16.3. The third-order valence-corrected chi connectivity index (χ3v) is 6.14. The van der Waals surface area contributed by atoms with Crippen LogP contribution in [0.1, 0.15) is 53.9 Å². The molecule has 0 aromatic heterocycles. The van der Waals surface area contributed by atoms with Crippen LogP contribution >= 0.6 is 0 Å². The Bertz CT molecular complexity index is 832. The molecule has 4 N–H and O–H groups in total. The van der Waals surface area contributed by atoms with Gasteiger partial charge in [0, 0.05) is 6.54 Å². The van der Waals surface area contributed by atoms with Gasteiger partial charge < -0.3 is 10.8 Å². The van der Waals surface area contributed by atoms with E-state index in [4.69, 9.17) is 5.73 Å². The molecule has 2 aromatic carbocycles. The molecule has 4 heteroatoms. The van der Waals surface area contributed by atoms with Gasteiger partial charge in [-0.1, -0.05) is 48.5 Å². The molecule has 1 amide bonds. The summed E-state index contributed by atoms with van der Waals surface area (Å²) in [4.78, 5) is 12.6. The number of aryl methyl sites for hydroxylation is 1. The molecular weight excluding hydrogens is 348 g/mol. The van der Waals surface area contributed by atoms with Crippen molar-refractivity contribution in [1.82, 2.24) is 5.32 Å². The second-order valence-electron chi connectivity index (χ2n) is 8.19. The molecule has 1 saturated carbocycles. The number of carbonyl (C=O) groups is 1. The van der Waals surface area contributed by atoms with E-state index >= 15 is 0 Å². The van der Waals surface area contributed by atoms with E-state index in [-0.39, 0.29) is 5.91 Å². The lowest BCUT2D eigenvalue weighted by Crippen LogP contribution is -2.56. The van der Waals surface area contributed by atoms with Crippen molar-refractivity contribution in [2.75, 3.05) is 6.54 Å². The number of nitrogens with one attached hydrogen (secondary N) is 1. The van der Waals surface area contributed by atoms with Crippen LogP contribution in [0.25, 0.3) is 0 Å². The summed E-state index contributed by atoms with van der Waals surface area (Å²) in [6, 6.07) is 16.6. The average Bonchev–Trinajstić information content (AvgIpc) is 3.56. The third kappa shape index (κ3) is 3.98. The van der Waals surface area contributed by atoms with Gasteiger partial charge in [-0.15, -0.1) is 0 Å². The highest BCUT2D eigenvalue weighted by Crippen LogP contribution is 2.43. The van der Waals surface area contributed by atoms with Crippen molar-refractivity contribution < 1.29 is 9.90 Å². The quantitative estimate of drug-likeness (QED) is 0.662. The van der Waals surface area contributed by atoms with Gasteiger partial charge in [0.05, 0.1) is 6.10 Å². The predicted molar refractivity (Wildman–Crippen MR) is 111 cm³/mol. The second kappa shape index (κ2) is 8.06. The minimum absolute atomic E-state index is 0.308. The normalized spacial score (nSPS) is 22.5. The van der Waals surface area contributed by atoms with Gasteiger partial charge in [0.1, 0.15) is 5.54 Å². The monoisotopic (exact) mass is 377 g/mol. The lowest BCUT2D eigenvalue weighted by molar-refractivity contribution is -0.125.